The number of nitrogens with one attached hydrogen (secondary N) is 2. The lowest BCUT2D eigenvalue weighted by atomic mass is 9.96. The van der Waals surface area contributed by atoms with Crippen molar-refractivity contribution in [1.82, 2.24) is 20.5 Å². The summed E-state index contributed by atoms with van der Waals surface area (Å²) in [5, 5.41) is 6.56. The smallest absolute Gasteiger partial charge is 0.221 e. The summed E-state index contributed by atoms with van der Waals surface area (Å²) in [6.45, 7) is 8.65. The van der Waals surface area contributed by atoms with E-state index in [2.05, 4.69) is 20.5 Å². The molecule has 1 unspecified atom stereocenters. The van der Waals surface area contributed by atoms with E-state index in [1.165, 1.54) is 0 Å². The Morgan fingerprint density at radius 3 is 2.84 bits per heavy atom. The predicted octanol–water partition coefficient (Wildman–Crippen LogP) is 1.71. The Kier molecular flexibility index (Phi) is 6.78. The van der Waals surface area contributed by atoms with Crippen molar-refractivity contribution in [2.24, 2.45) is 5.92 Å². The van der Waals surface area contributed by atoms with Crippen molar-refractivity contribution in [3.05, 3.63) is 17.3 Å². The van der Waals surface area contributed by atoms with E-state index >= 15 is 0 Å². The lowest BCUT2D eigenvalue weighted by molar-refractivity contribution is -0.121. The molecule has 2 saturated heterocycles. The van der Waals surface area contributed by atoms with Crippen molar-refractivity contribution >= 4 is 17.7 Å². The zero-order valence-corrected chi connectivity index (χ0v) is 16.2. The third-order valence-corrected chi connectivity index (χ3v) is 6.29. The number of amides is 1. The van der Waals surface area contributed by atoms with Gasteiger partial charge >= 0.3 is 0 Å². The molecule has 3 heterocycles. The molecule has 0 aromatic carbocycles. The molecule has 2 N–H and O–H groups in total. The van der Waals surface area contributed by atoms with Gasteiger partial charge in [-0.1, -0.05) is 0 Å². The SMILES string of the molecule is Cc1nc(CN2CCC(CNC(=O)CC3CSCCN3)CC2)oc1C. The normalized spacial score (nSPS) is 22.9. The molecule has 0 spiro atoms. The van der Waals surface area contributed by atoms with E-state index in [9.17, 15) is 4.79 Å². The highest BCUT2D eigenvalue weighted by atomic mass is 32.2. The zero-order chi connectivity index (χ0) is 17.6. The van der Waals surface area contributed by atoms with Gasteiger partial charge in [0.25, 0.3) is 0 Å². The fourth-order valence-electron chi connectivity index (χ4n) is 3.45. The van der Waals surface area contributed by atoms with Gasteiger partial charge in [-0.2, -0.15) is 11.8 Å². The predicted molar refractivity (Wildman–Crippen MR) is 101 cm³/mol. The van der Waals surface area contributed by atoms with E-state index in [4.69, 9.17) is 4.42 Å². The number of aryl methyl sites for hydroxylation is 2. The van der Waals surface area contributed by atoms with Crippen LogP contribution in [0.5, 0.6) is 0 Å². The Labute approximate surface area is 154 Å². The molecule has 0 saturated carbocycles. The molecular weight excluding hydrogens is 336 g/mol. The summed E-state index contributed by atoms with van der Waals surface area (Å²) in [6.07, 6.45) is 2.85. The number of oxazole rings is 1. The van der Waals surface area contributed by atoms with Crippen molar-refractivity contribution < 1.29 is 9.21 Å². The number of hydrogen-bond donors (Lipinski definition) is 2. The first-order chi connectivity index (χ1) is 12.1. The van der Waals surface area contributed by atoms with Crippen LogP contribution in [-0.2, 0) is 11.3 Å². The van der Waals surface area contributed by atoms with Gasteiger partial charge in [0.1, 0.15) is 5.76 Å². The molecule has 6 nitrogen and oxygen atoms in total. The minimum atomic E-state index is 0.188. The van der Waals surface area contributed by atoms with Crippen molar-refractivity contribution in [2.75, 3.05) is 37.7 Å². The summed E-state index contributed by atoms with van der Waals surface area (Å²) in [5.41, 5.74) is 0.985. The number of aromatic nitrogens is 1. The molecule has 1 atom stereocenters. The lowest BCUT2D eigenvalue weighted by Gasteiger charge is -2.31. The summed E-state index contributed by atoms with van der Waals surface area (Å²) < 4.78 is 5.68. The summed E-state index contributed by atoms with van der Waals surface area (Å²) in [5.74, 6) is 4.71. The maximum absolute atomic E-state index is 12.1. The molecule has 1 aromatic heterocycles. The number of nitrogens with zero attached hydrogens (tertiary/aromatic N) is 2. The Hall–Kier alpha value is -1.05. The molecule has 2 aliphatic rings. The van der Waals surface area contributed by atoms with Crippen molar-refractivity contribution in [1.29, 1.82) is 0 Å². The topological polar surface area (TPSA) is 70.4 Å². The first kappa shape index (κ1) is 18.7. The van der Waals surface area contributed by atoms with E-state index in [0.29, 0.717) is 18.4 Å². The van der Waals surface area contributed by atoms with Gasteiger partial charge in [-0.15, -0.1) is 0 Å². The van der Waals surface area contributed by atoms with Gasteiger partial charge in [-0.05, 0) is 45.7 Å². The van der Waals surface area contributed by atoms with Crippen LogP contribution in [0.4, 0.5) is 0 Å². The molecule has 2 aliphatic heterocycles. The minimum absolute atomic E-state index is 0.188. The molecule has 0 aliphatic carbocycles. The van der Waals surface area contributed by atoms with Crippen LogP contribution in [0.1, 0.15) is 36.6 Å². The van der Waals surface area contributed by atoms with Gasteiger partial charge in [0.15, 0.2) is 0 Å². The zero-order valence-electron chi connectivity index (χ0n) is 15.3. The summed E-state index contributed by atoms with van der Waals surface area (Å²) in [7, 11) is 0. The van der Waals surface area contributed by atoms with Crippen LogP contribution in [0, 0.1) is 19.8 Å². The van der Waals surface area contributed by atoms with E-state index < -0.39 is 0 Å². The van der Waals surface area contributed by atoms with E-state index in [-0.39, 0.29) is 5.91 Å². The second-order valence-electron chi connectivity index (χ2n) is 7.20. The highest BCUT2D eigenvalue weighted by Gasteiger charge is 2.22. The number of piperidine rings is 1. The van der Waals surface area contributed by atoms with Crippen LogP contribution < -0.4 is 10.6 Å². The number of rotatable bonds is 6. The Balaban J connectivity index is 1.32. The van der Waals surface area contributed by atoms with Gasteiger partial charge in [0.05, 0.1) is 12.2 Å². The van der Waals surface area contributed by atoms with Crippen molar-refractivity contribution in [3.63, 3.8) is 0 Å². The minimum Gasteiger partial charge on any atom is -0.444 e. The van der Waals surface area contributed by atoms with Gasteiger partial charge in [0, 0.05) is 37.1 Å². The average Bonchev–Trinajstić information content (AvgIpc) is 2.92. The summed E-state index contributed by atoms with van der Waals surface area (Å²) in [4.78, 5) is 19.0. The standard InChI is InChI=1S/C18H30N4O2S/c1-13-14(2)24-18(21-13)11-22-6-3-15(4-7-22)10-20-17(23)9-16-12-25-8-5-19-16/h15-16,19H,3-12H2,1-2H3,(H,20,23). The molecule has 7 heteroatoms. The number of hydrogen-bond acceptors (Lipinski definition) is 6. The Morgan fingerprint density at radius 1 is 1.40 bits per heavy atom. The monoisotopic (exact) mass is 366 g/mol. The van der Waals surface area contributed by atoms with Crippen LogP contribution in [0.3, 0.4) is 0 Å². The number of thioether (sulfide) groups is 1. The second-order valence-corrected chi connectivity index (χ2v) is 8.35. The van der Waals surface area contributed by atoms with Crippen LogP contribution in [-0.4, -0.2) is 59.5 Å². The fraction of sp³-hybridized carbons (Fsp3) is 0.778. The molecule has 25 heavy (non-hydrogen) atoms. The quantitative estimate of drug-likeness (QED) is 0.799. The molecule has 140 valence electrons. The number of likely N-dealkylation sites (tertiary alicyclic amines) is 1. The van der Waals surface area contributed by atoms with Gasteiger partial charge < -0.3 is 15.1 Å². The molecule has 1 amide bonds. The largest absolute Gasteiger partial charge is 0.444 e. The van der Waals surface area contributed by atoms with Crippen molar-refractivity contribution in [3.8, 4) is 0 Å². The van der Waals surface area contributed by atoms with Crippen LogP contribution in [0.15, 0.2) is 4.42 Å². The molecule has 0 radical (unpaired) electrons. The average molecular weight is 367 g/mol. The molecule has 0 bridgehead atoms. The van der Waals surface area contributed by atoms with Gasteiger partial charge in [-0.25, -0.2) is 4.98 Å². The van der Waals surface area contributed by atoms with Gasteiger partial charge in [-0.3, -0.25) is 9.69 Å². The maximum Gasteiger partial charge on any atom is 0.221 e. The maximum atomic E-state index is 12.1. The Bertz CT molecular complexity index is 544. The summed E-state index contributed by atoms with van der Waals surface area (Å²) >= 11 is 1.93. The first-order valence-electron chi connectivity index (χ1n) is 9.33. The highest BCUT2D eigenvalue weighted by Crippen LogP contribution is 2.19. The van der Waals surface area contributed by atoms with E-state index in [0.717, 1.165) is 74.4 Å². The van der Waals surface area contributed by atoms with Crippen LogP contribution >= 0.6 is 11.8 Å². The molecule has 1 aromatic rings. The highest BCUT2D eigenvalue weighted by molar-refractivity contribution is 7.99. The van der Waals surface area contributed by atoms with Crippen molar-refractivity contribution in [2.45, 2.75) is 45.7 Å². The number of carbonyl (C=O) groups excluding carboxylic acids is 1. The number of carbonyl (C=O) groups is 1. The third-order valence-electron chi connectivity index (χ3n) is 5.16. The summed E-state index contributed by atoms with van der Waals surface area (Å²) in [6, 6.07) is 0.341. The van der Waals surface area contributed by atoms with E-state index in [1.54, 1.807) is 0 Å². The van der Waals surface area contributed by atoms with E-state index in [1.807, 2.05) is 25.6 Å². The molecule has 3 rings (SSSR count). The second kappa shape index (κ2) is 9.05. The molecular formula is C18H30N4O2S. The Morgan fingerprint density at radius 2 is 2.20 bits per heavy atom. The fourth-order valence-corrected chi connectivity index (χ4v) is 4.40. The third kappa shape index (κ3) is 5.72. The lowest BCUT2D eigenvalue weighted by Crippen LogP contribution is -2.43. The first-order valence-corrected chi connectivity index (χ1v) is 10.5. The molecule has 2 fully saturated rings. The van der Waals surface area contributed by atoms with Crippen LogP contribution in [0.2, 0.25) is 0 Å². The van der Waals surface area contributed by atoms with Gasteiger partial charge in [0.2, 0.25) is 11.8 Å². The van der Waals surface area contributed by atoms with Crippen LogP contribution in [0.25, 0.3) is 0 Å².